The molecule has 0 N–H and O–H groups in total. The highest BCUT2D eigenvalue weighted by molar-refractivity contribution is 7.15. The molecule has 4 nitrogen and oxygen atoms in total. The lowest BCUT2D eigenvalue weighted by atomic mass is 9.68. The standard InChI is InChI=1S/C18H35N3O.CH5P/c1-5-18(16(3)4)7-9-21(10-8-18)17(22)15-20-13-11-19(6-2)12-14-20;1-2/h16H,5-15H2,1-4H3;2H2,1H3. The van der Waals surface area contributed by atoms with Gasteiger partial charge < -0.3 is 9.80 Å². The smallest absolute Gasteiger partial charge is 0.236 e. The first-order chi connectivity index (χ1) is 11.5. The van der Waals surface area contributed by atoms with Gasteiger partial charge >= 0.3 is 0 Å². The van der Waals surface area contributed by atoms with E-state index in [1.54, 1.807) is 0 Å². The molecule has 0 aliphatic carbocycles. The van der Waals surface area contributed by atoms with Gasteiger partial charge in [0.25, 0.3) is 0 Å². The summed E-state index contributed by atoms with van der Waals surface area (Å²) in [6.45, 7) is 19.1. The summed E-state index contributed by atoms with van der Waals surface area (Å²) in [6, 6.07) is 0. The molecule has 2 heterocycles. The maximum absolute atomic E-state index is 12.6. The second-order valence-corrected chi connectivity index (χ2v) is 7.46. The number of hydrogen-bond donors (Lipinski definition) is 0. The van der Waals surface area contributed by atoms with Gasteiger partial charge in [0.1, 0.15) is 0 Å². The van der Waals surface area contributed by atoms with Gasteiger partial charge in [-0.05, 0) is 30.7 Å². The highest BCUT2D eigenvalue weighted by atomic mass is 31.0. The number of carbonyl (C=O) groups is 1. The van der Waals surface area contributed by atoms with E-state index in [-0.39, 0.29) is 0 Å². The van der Waals surface area contributed by atoms with E-state index in [4.69, 9.17) is 0 Å². The van der Waals surface area contributed by atoms with Crippen LogP contribution in [0.4, 0.5) is 0 Å². The predicted molar refractivity (Wildman–Crippen MR) is 108 cm³/mol. The number of carbonyl (C=O) groups excluding carboxylic acids is 1. The van der Waals surface area contributed by atoms with Crippen LogP contribution in [0.2, 0.25) is 0 Å². The van der Waals surface area contributed by atoms with E-state index in [0.717, 1.165) is 51.7 Å². The van der Waals surface area contributed by atoms with Crippen LogP contribution < -0.4 is 0 Å². The van der Waals surface area contributed by atoms with Gasteiger partial charge in [-0.3, -0.25) is 9.69 Å². The van der Waals surface area contributed by atoms with Crippen LogP contribution >= 0.6 is 9.24 Å². The molecule has 5 heteroatoms. The van der Waals surface area contributed by atoms with Gasteiger partial charge in [-0.15, -0.1) is 9.24 Å². The lowest BCUT2D eigenvalue weighted by Crippen LogP contribution is -2.52. The van der Waals surface area contributed by atoms with E-state index < -0.39 is 0 Å². The summed E-state index contributed by atoms with van der Waals surface area (Å²) < 4.78 is 0. The molecular formula is C19H40N3OP. The summed E-state index contributed by atoms with van der Waals surface area (Å²) in [5, 5.41) is 0. The van der Waals surface area contributed by atoms with Crippen LogP contribution in [0.1, 0.15) is 47.0 Å². The van der Waals surface area contributed by atoms with Crippen molar-refractivity contribution in [3.8, 4) is 0 Å². The van der Waals surface area contributed by atoms with E-state index in [0.29, 0.717) is 17.9 Å². The molecule has 0 aromatic heterocycles. The van der Waals surface area contributed by atoms with Gasteiger partial charge in [0, 0.05) is 39.3 Å². The molecule has 0 aromatic carbocycles. The van der Waals surface area contributed by atoms with E-state index >= 15 is 0 Å². The molecule has 0 saturated carbocycles. The van der Waals surface area contributed by atoms with Crippen molar-refractivity contribution >= 4 is 15.1 Å². The van der Waals surface area contributed by atoms with Crippen LogP contribution in [-0.2, 0) is 4.79 Å². The third-order valence-corrected chi connectivity index (χ3v) is 6.31. The minimum absolute atomic E-state index is 0.346. The number of likely N-dealkylation sites (tertiary alicyclic amines) is 1. The number of piperidine rings is 1. The Bertz CT molecular complexity index is 360. The lowest BCUT2D eigenvalue weighted by Gasteiger charge is -2.45. The van der Waals surface area contributed by atoms with Gasteiger partial charge in [0.15, 0.2) is 0 Å². The van der Waals surface area contributed by atoms with Crippen molar-refractivity contribution in [2.24, 2.45) is 11.3 Å². The van der Waals surface area contributed by atoms with Crippen molar-refractivity contribution in [1.82, 2.24) is 14.7 Å². The number of rotatable bonds is 5. The second-order valence-electron chi connectivity index (χ2n) is 7.46. The van der Waals surface area contributed by atoms with Crippen molar-refractivity contribution in [2.45, 2.75) is 47.0 Å². The maximum atomic E-state index is 12.6. The molecule has 0 aromatic rings. The monoisotopic (exact) mass is 357 g/mol. The summed E-state index contributed by atoms with van der Waals surface area (Å²) in [5.41, 5.74) is 0.462. The molecular weight excluding hydrogens is 317 g/mol. The van der Waals surface area contributed by atoms with E-state index in [2.05, 4.69) is 51.6 Å². The van der Waals surface area contributed by atoms with E-state index in [1.807, 2.05) is 6.66 Å². The van der Waals surface area contributed by atoms with Crippen molar-refractivity contribution in [2.75, 3.05) is 59.0 Å². The molecule has 24 heavy (non-hydrogen) atoms. The number of likely N-dealkylation sites (N-methyl/N-ethyl adjacent to an activating group) is 1. The van der Waals surface area contributed by atoms with Crippen LogP contribution in [-0.4, -0.2) is 79.6 Å². The van der Waals surface area contributed by atoms with Crippen LogP contribution in [0.25, 0.3) is 0 Å². The Balaban J connectivity index is 0.00000139. The minimum Gasteiger partial charge on any atom is -0.342 e. The van der Waals surface area contributed by atoms with Crippen molar-refractivity contribution in [3.05, 3.63) is 0 Å². The predicted octanol–water partition coefficient (Wildman–Crippen LogP) is 2.79. The Morgan fingerprint density at radius 2 is 1.46 bits per heavy atom. The molecule has 1 atom stereocenters. The highest BCUT2D eigenvalue weighted by Gasteiger charge is 2.37. The molecule has 0 radical (unpaired) electrons. The number of piperazine rings is 1. The van der Waals surface area contributed by atoms with Crippen LogP contribution in [0, 0.1) is 11.3 Å². The summed E-state index contributed by atoms with van der Waals surface area (Å²) in [4.78, 5) is 19.5. The molecule has 2 saturated heterocycles. The SMILES string of the molecule is CCN1CCN(CC(=O)N2CCC(CC)(C(C)C)CC2)CC1.CP. The van der Waals surface area contributed by atoms with Crippen LogP contribution in [0.5, 0.6) is 0 Å². The molecule has 142 valence electrons. The van der Waals surface area contributed by atoms with Crippen molar-refractivity contribution < 1.29 is 4.79 Å². The molecule has 0 bridgehead atoms. The number of nitrogens with zero attached hydrogens (tertiary/aromatic N) is 3. The van der Waals surface area contributed by atoms with Gasteiger partial charge in [-0.2, -0.15) is 0 Å². The average Bonchev–Trinajstić information content (AvgIpc) is 2.63. The Morgan fingerprint density at radius 3 is 1.88 bits per heavy atom. The van der Waals surface area contributed by atoms with Crippen LogP contribution in [0.3, 0.4) is 0 Å². The number of hydrogen-bond acceptors (Lipinski definition) is 3. The Morgan fingerprint density at radius 1 is 0.958 bits per heavy atom. The third kappa shape index (κ3) is 5.68. The summed E-state index contributed by atoms with van der Waals surface area (Å²) in [5.74, 6) is 1.07. The average molecular weight is 358 g/mol. The molecule has 1 unspecified atom stereocenters. The highest BCUT2D eigenvalue weighted by Crippen LogP contribution is 2.41. The fraction of sp³-hybridized carbons (Fsp3) is 0.947. The maximum Gasteiger partial charge on any atom is 0.236 e. The van der Waals surface area contributed by atoms with Crippen LogP contribution in [0.15, 0.2) is 0 Å². The summed E-state index contributed by atoms with van der Waals surface area (Å²) in [6.07, 6.45) is 3.60. The Hall–Kier alpha value is -0.180. The van der Waals surface area contributed by atoms with Gasteiger partial charge in [0.05, 0.1) is 6.54 Å². The number of amides is 1. The van der Waals surface area contributed by atoms with E-state index in [1.165, 1.54) is 19.3 Å². The van der Waals surface area contributed by atoms with E-state index in [9.17, 15) is 4.79 Å². The lowest BCUT2D eigenvalue weighted by molar-refractivity contribution is -0.135. The normalized spacial score (nSPS) is 22.2. The Labute approximate surface area is 152 Å². The third-order valence-electron chi connectivity index (χ3n) is 6.31. The second kappa shape index (κ2) is 10.7. The van der Waals surface area contributed by atoms with Crippen molar-refractivity contribution in [3.63, 3.8) is 0 Å². The molecule has 2 aliphatic heterocycles. The molecule has 2 aliphatic rings. The summed E-state index contributed by atoms with van der Waals surface area (Å²) >= 11 is 0. The van der Waals surface area contributed by atoms with Gasteiger partial charge in [0.2, 0.25) is 5.91 Å². The minimum atomic E-state index is 0.346. The zero-order valence-corrected chi connectivity index (χ0v) is 17.8. The zero-order valence-electron chi connectivity index (χ0n) is 16.7. The van der Waals surface area contributed by atoms with Crippen molar-refractivity contribution in [1.29, 1.82) is 0 Å². The Kier molecular flexibility index (Phi) is 9.77. The first kappa shape index (κ1) is 21.9. The largest absolute Gasteiger partial charge is 0.342 e. The first-order valence-corrected chi connectivity index (χ1v) is 11.0. The topological polar surface area (TPSA) is 26.8 Å². The van der Waals surface area contributed by atoms with Gasteiger partial charge in [-0.25, -0.2) is 0 Å². The molecule has 1 amide bonds. The fourth-order valence-corrected chi connectivity index (χ4v) is 4.10. The molecule has 2 rings (SSSR count). The summed E-state index contributed by atoms with van der Waals surface area (Å²) in [7, 11) is 2.42. The zero-order chi connectivity index (χ0) is 18.2. The molecule has 2 fully saturated rings. The first-order valence-electron chi connectivity index (χ1n) is 9.81. The van der Waals surface area contributed by atoms with Gasteiger partial charge in [-0.1, -0.05) is 40.8 Å². The molecule has 0 spiro atoms. The fourth-order valence-electron chi connectivity index (χ4n) is 4.10. The quantitative estimate of drug-likeness (QED) is 0.708.